The fourth-order valence-electron chi connectivity index (χ4n) is 3.76. The first-order valence-corrected chi connectivity index (χ1v) is 9.53. The van der Waals surface area contributed by atoms with Gasteiger partial charge in [0, 0.05) is 18.7 Å². The summed E-state index contributed by atoms with van der Waals surface area (Å²) in [4.78, 5) is 2.47. The van der Waals surface area contributed by atoms with E-state index in [9.17, 15) is 4.39 Å². The van der Waals surface area contributed by atoms with E-state index in [0.29, 0.717) is 12.5 Å². The van der Waals surface area contributed by atoms with Gasteiger partial charge in [-0.3, -0.25) is 4.90 Å². The predicted molar refractivity (Wildman–Crippen MR) is 102 cm³/mol. The summed E-state index contributed by atoms with van der Waals surface area (Å²) >= 11 is 0. The largest absolute Gasteiger partial charge is 0.491 e. The van der Waals surface area contributed by atoms with Crippen LogP contribution in [0.3, 0.4) is 0 Å². The van der Waals surface area contributed by atoms with Gasteiger partial charge in [-0.05, 0) is 55.8 Å². The van der Waals surface area contributed by atoms with Crippen LogP contribution in [0.4, 0.5) is 4.39 Å². The number of hydrogen-bond donors (Lipinski definition) is 1. The van der Waals surface area contributed by atoms with Gasteiger partial charge in [0.1, 0.15) is 18.2 Å². The van der Waals surface area contributed by atoms with Gasteiger partial charge in [0.15, 0.2) is 0 Å². The van der Waals surface area contributed by atoms with Crippen molar-refractivity contribution in [3.05, 3.63) is 65.5 Å². The minimum absolute atomic E-state index is 0.0240. The standard InChI is InChI=1S/C22H28FNO2/c23-21-9-3-1-7-19(21)12-11-18-6-5-13-24(16-18)17-20-8-2-4-10-22(20)26-15-14-25/h1-4,7-10,18,25H,5-6,11-17H2. The van der Waals surface area contributed by atoms with E-state index in [2.05, 4.69) is 11.0 Å². The number of aryl methyl sites for hydroxylation is 1. The van der Waals surface area contributed by atoms with Crippen LogP contribution in [-0.4, -0.2) is 36.3 Å². The molecule has 0 aliphatic carbocycles. The zero-order chi connectivity index (χ0) is 18.2. The molecule has 0 bridgehead atoms. The Balaban J connectivity index is 1.55. The number of halogens is 1. The molecular weight excluding hydrogens is 329 g/mol. The highest BCUT2D eigenvalue weighted by Crippen LogP contribution is 2.26. The minimum Gasteiger partial charge on any atom is -0.491 e. The van der Waals surface area contributed by atoms with Gasteiger partial charge in [-0.15, -0.1) is 0 Å². The number of rotatable bonds is 8. The summed E-state index contributed by atoms with van der Waals surface area (Å²) in [5.41, 5.74) is 1.99. The van der Waals surface area contributed by atoms with Crippen LogP contribution in [0, 0.1) is 11.7 Å². The molecule has 2 aromatic rings. The molecule has 2 aromatic carbocycles. The fraction of sp³-hybridized carbons (Fsp3) is 0.455. The van der Waals surface area contributed by atoms with Gasteiger partial charge in [0.25, 0.3) is 0 Å². The average Bonchev–Trinajstić information content (AvgIpc) is 2.67. The first-order valence-electron chi connectivity index (χ1n) is 9.53. The third-order valence-electron chi connectivity index (χ3n) is 5.10. The van der Waals surface area contributed by atoms with E-state index in [-0.39, 0.29) is 12.4 Å². The lowest BCUT2D eigenvalue weighted by molar-refractivity contribution is 0.157. The van der Waals surface area contributed by atoms with Gasteiger partial charge < -0.3 is 9.84 Å². The maximum absolute atomic E-state index is 13.8. The second kappa shape index (κ2) is 9.70. The highest BCUT2D eigenvalue weighted by Gasteiger charge is 2.21. The van der Waals surface area contributed by atoms with Gasteiger partial charge in [-0.1, -0.05) is 36.4 Å². The zero-order valence-electron chi connectivity index (χ0n) is 15.2. The van der Waals surface area contributed by atoms with Crippen molar-refractivity contribution in [1.82, 2.24) is 4.90 Å². The summed E-state index contributed by atoms with van der Waals surface area (Å²) in [5, 5.41) is 8.99. The van der Waals surface area contributed by atoms with Gasteiger partial charge in [-0.25, -0.2) is 4.39 Å². The molecular formula is C22H28FNO2. The van der Waals surface area contributed by atoms with E-state index in [1.165, 1.54) is 12.8 Å². The normalized spacial score (nSPS) is 18.0. The van der Waals surface area contributed by atoms with Crippen molar-refractivity contribution < 1.29 is 14.2 Å². The molecule has 1 unspecified atom stereocenters. The van der Waals surface area contributed by atoms with Crippen molar-refractivity contribution in [1.29, 1.82) is 0 Å². The van der Waals surface area contributed by atoms with Crippen molar-refractivity contribution in [2.75, 3.05) is 26.3 Å². The van der Waals surface area contributed by atoms with Crippen LogP contribution in [0.25, 0.3) is 0 Å². The van der Waals surface area contributed by atoms with E-state index >= 15 is 0 Å². The highest BCUT2D eigenvalue weighted by molar-refractivity contribution is 5.33. The number of benzene rings is 2. The summed E-state index contributed by atoms with van der Waals surface area (Å²) in [6, 6.07) is 15.1. The SMILES string of the molecule is OCCOc1ccccc1CN1CCCC(CCc2ccccc2F)C1. The Bertz CT molecular complexity index is 691. The molecule has 4 heteroatoms. The van der Waals surface area contributed by atoms with E-state index in [1.807, 2.05) is 30.3 Å². The number of nitrogens with zero attached hydrogens (tertiary/aromatic N) is 1. The molecule has 1 heterocycles. The van der Waals surface area contributed by atoms with Gasteiger partial charge >= 0.3 is 0 Å². The van der Waals surface area contributed by atoms with Gasteiger partial charge in [0.2, 0.25) is 0 Å². The summed E-state index contributed by atoms with van der Waals surface area (Å²) in [6.45, 7) is 3.34. The van der Waals surface area contributed by atoms with Crippen LogP contribution in [0.15, 0.2) is 48.5 Å². The lowest BCUT2D eigenvalue weighted by Crippen LogP contribution is -2.35. The molecule has 0 spiro atoms. The minimum atomic E-state index is -0.0878. The lowest BCUT2D eigenvalue weighted by Gasteiger charge is -2.33. The third kappa shape index (κ3) is 5.29. The maximum atomic E-state index is 13.8. The number of aliphatic hydroxyl groups excluding tert-OH is 1. The third-order valence-corrected chi connectivity index (χ3v) is 5.10. The number of hydrogen-bond acceptors (Lipinski definition) is 3. The van der Waals surface area contributed by atoms with Crippen molar-refractivity contribution in [2.24, 2.45) is 5.92 Å². The molecule has 140 valence electrons. The van der Waals surface area contributed by atoms with Gasteiger partial charge in [0.05, 0.1) is 6.61 Å². The number of aliphatic hydroxyl groups is 1. The Morgan fingerprint density at radius 1 is 1.08 bits per heavy atom. The van der Waals surface area contributed by atoms with E-state index in [0.717, 1.165) is 49.4 Å². The van der Waals surface area contributed by atoms with Crippen LogP contribution in [0.5, 0.6) is 5.75 Å². The van der Waals surface area contributed by atoms with Gasteiger partial charge in [-0.2, -0.15) is 0 Å². The number of ether oxygens (including phenoxy) is 1. The molecule has 3 rings (SSSR count). The molecule has 26 heavy (non-hydrogen) atoms. The molecule has 1 N–H and O–H groups in total. The highest BCUT2D eigenvalue weighted by atomic mass is 19.1. The monoisotopic (exact) mass is 357 g/mol. The van der Waals surface area contributed by atoms with Crippen LogP contribution in [0.1, 0.15) is 30.4 Å². The zero-order valence-corrected chi connectivity index (χ0v) is 15.2. The first-order chi connectivity index (χ1) is 12.8. The Labute approximate surface area is 155 Å². The molecule has 0 saturated carbocycles. The molecule has 1 fully saturated rings. The predicted octanol–water partition coefficient (Wildman–Crippen LogP) is 4.04. The van der Waals surface area contributed by atoms with Crippen LogP contribution in [-0.2, 0) is 13.0 Å². The number of likely N-dealkylation sites (tertiary alicyclic amines) is 1. The molecule has 1 saturated heterocycles. The second-order valence-corrected chi connectivity index (χ2v) is 7.05. The molecule has 1 atom stereocenters. The maximum Gasteiger partial charge on any atom is 0.126 e. The van der Waals surface area contributed by atoms with Crippen LogP contribution >= 0.6 is 0 Å². The fourth-order valence-corrected chi connectivity index (χ4v) is 3.76. The van der Waals surface area contributed by atoms with Crippen LogP contribution < -0.4 is 4.74 Å². The number of para-hydroxylation sites is 1. The molecule has 3 nitrogen and oxygen atoms in total. The average molecular weight is 357 g/mol. The van der Waals surface area contributed by atoms with E-state index < -0.39 is 0 Å². The molecule has 0 radical (unpaired) electrons. The van der Waals surface area contributed by atoms with E-state index in [1.54, 1.807) is 12.1 Å². The summed E-state index contributed by atoms with van der Waals surface area (Å²) < 4.78 is 19.5. The molecule has 1 aliphatic heterocycles. The molecule has 0 aromatic heterocycles. The Morgan fingerprint density at radius 3 is 2.65 bits per heavy atom. The molecule has 0 amide bonds. The summed E-state index contributed by atoms with van der Waals surface area (Å²) in [7, 11) is 0. The van der Waals surface area contributed by atoms with Crippen molar-refractivity contribution in [3.8, 4) is 5.75 Å². The van der Waals surface area contributed by atoms with Crippen LogP contribution in [0.2, 0.25) is 0 Å². The smallest absolute Gasteiger partial charge is 0.126 e. The summed E-state index contributed by atoms with van der Waals surface area (Å²) in [5.74, 6) is 1.37. The Morgan fingerprint density at radius 2 is 1.85 bits per heavy atom. The Hall–Kier alpha value is -1.91. The quantitative estimate of drug-likeness (QED) is 0.774. The second-order valence-electron chi connectivity index (χ2n) is 7.05. The van der Waals surface area contributed by atoms with E-state index in [4.69, 9.17) is 9.84 Å². The van der Waals surface area contributed by atoms with Crippen molar-refractivity contribution in [2.45, 2.75) is 32.2 Å². The van der Waals surface area contributed by atoms with Crippen molar-refractivity contribution >= 4 is 0 Å². The van der Waals surface area contributed by atoms with Crippen molar-refractivity contribution in [3.63, 3.8) is 0 Å². The summed E-state index contributed by atoms with van der Waals surface area (Å²) in [6.07, 6.45) is 4.23. The first kappa shape index (κ1) is 18.9. The Kier molecular flexibility index (Phi) is 7.04. The molecule has 1 aliphatic rings. The number of piperidine rings is 1. The topological polar surface area (TPSA) is 32.7 Å². The lowest BCUT2D eigenvalue weighted by atomic mass is 9.91.